The van der Waals surface area contributed by atoms with E-state index < -0.39 is 17.6 Å². The first kappa shape index (κ1) is 19.4. The third-order valence-electron chi connectivity index (χ3n) is 4.32. The first-order valence-electron chi connectivity index (χ1n) is 8.93. The second kappa shape index (κ2) is 8.52. The number of ether oxygens (including phenoxy) is 1. The van der Waals surface area contributed by atoms with Gasteiger partial charge in [-0.3, -0.25) is 9.59 Å². The molecule has 1 atom stereocenters. The molecule has 0 saturated heterocycles. The smallest absolute Gasteiger partial charge is 0.336 e. The predicted octanol–water partition coefficient (Wildman–Crippen LogP) is 3.41. The number of fused-ring (bicyclic) bond motifs is 1. The van der Waals surface area contributed by atoms with Crippen LogP contribution in [0.15, 0.2) is 63.8 Å². The summed E-state index contributed by atoms with van der Waals surface area (Å²) in [6.07, 6.45) is -0.0118. The summed E-state index contributed by atoms with van der Waals surface area (Å²) in [4.78, 5) is 35.7. The molecule has 2 aromatic carbocycles. The summed E-state index contributed by atoms with van der Waals surface area (Å²) < 4.78 is 10.6. The standard InChI is InChI=1S/C22H21NO5/c1-14-8-9-18-17(11-22(26)28-20(18)10-14)13-27-21(25)12-19(23-15(2)24)16-6-4-3-5-7-16/h3-11,19H,12-13H2,1-2H3,(H,23,24). The Morgan fingerprint density at radius 1 is 1.11 bits per heavy atom. The van der Waals surface area contributed by atoms with Gasteiger partial charge in [0, 0.05) is 23.9 Å². The molecule has 1 unspecified atom stereocenters. The molecule has 28 heavy (non-hydrogen) atoms. The predicted molar refractivity (Wildman–Crippen MR) is 105 cm³/mol. The number of hydrogen-bond acceptors (Lipinski definition) is 5. The topological polar surface area (TPSA) is 85.6 Å². The molecule has 0 bridgehead atoms. The zero-order valence-electron chi connectivity index (χ0n) is 15.7. The van der Waals surface area contributed by atoms with Gasteiger partial charge in [-0.05, 0) is 24.1 Å². The maximum Gasteiger partial charge on any atom is 0.336 e. The summed E-state index contributed by atoms with van der Waals surface area (Å²) in [6.45, 7) is 3.25. The number of carbonyl (C=O) groups excluding carboxylic acids is 2. The summed E-state index contributed by atoms with van der Waals surface area (Å²) >= 11 is 0. The van der Waals surface area contributed by atoms with Gasteiger partial charge >= 0.3 is 11.6 Å². The lowest BCUT2D eigenvalue weighted by molar-refractivity contribution is -0.145. The fourth-order valence-corrected chi connectivity index (χ4v) is 3.02. The van der Waals surface area contributed by atoms with Crippen molar-refractivity contribution in [2.45, 2.75) is 32.9 Å². The number of benzene rings is 2. The fraction of sp³-hybridized carbons (Fsp3) is 0.227. The van der Waals surface area contributed by atoms with Crippen LogP contribution in [0.5, 0.6) is 0 Å². The Labute approximate surface area is 162 Å². The molecular formula is C22H21NO5. The van der Waals surface area contributed by atoms with E-state index in [0.29, 0.717) is 11.1 Å². The molecule has 0 spiro atoms. The Hall–Kier alpha value is -3.41. The van der Waals surface area contributed by atoms with E-state index >= 15 is 0 Å². The van der Waals surface area contributed by atoms with Crippen molar-refractivity contribution < 1.29 is 18.7 Å². The van der Waals surface area contributed by atoms with E-state index in [-0.39, 0.29) is 18.9 Å². The van der Waals surface area contributed by atoms with Crippen LogP contribution >= 0.6 is 0 Å². The van der Waals surface area contributed by atoms with E-state index in [2.05, 4.69) is 5.32 Å². The average molecular weight is 379 g/mol. The van der Waals surface area contributed by atoms with Crippen molar-refractivity contribution in [3.05, 3.63) is 81.7 Å². The van der Waals surface area contributed by atoms with Crippen LogP contribution in [0.25, 0.3) is 11.0 Å². The van der Waals surface area contributed by atoms with Crippen LogP contribution < -0.4 is 10.9 Å². The Balaban J connectivity index is 1.73. The second-order valence-corrected chi connectivity index (χ2v) is 6.62. The largest absolute Gasteiger partial charge is 0.461 e. The number of amides is 1. The van der Waals surface area contributed by atoms with Gasteiger partial charge in [-0.1, -0.05) is 42.5 Å². The summed E-state index contributed by atoms with van der Waals surface area (Å²) in [5.74, 6) is -0.709. The summed E-state index contributed by atoms with van der Waals surface area (Å²) in [6, 6.07) is 15.6. The van der Waals surface area contributed by atoms with Crippen LogP contribution in [0.2, 0.25) is 0 Å². The van der Waals surface area contributed by atoms with Crippen molar-refractivity contribution in [1.29, 1.82) is 0 Å². The van der Waals surface area contributed by atoms with Crippen molar-refractivity contribution in [2.24, 2.45) is 0 Å². The van der Waals surface area contributed by atoms with Gasteiger partial charge in [-0.2, -0.15) is 0 Å². The van der Waals surface area contributed by atoms with E-state index in [4.69, 9.17) is 9.15 Å². The highest BCUT2D eigenvalue weighted by Gasteiger charge is 2.18. The maximum atomic E-state index is 12.4. The zero-order valence-corrected chi connectivity index (χ0v) is 15.7. The molecule has 6 heteroatoms. The molecule has 1 aromatic heterocycles. The monoisotopic (exact) mass is 379 g/mol. The first-order chi connectivity index (χ1) is 13.4. The number of carbonyl (C=O) groups is 2. The second-order valence-electron chi connectivity index (χ2n) is 6.62. The van der Waals surface area contributed by atoms with Crippen LogP contribution in [0.3, 0.4) is 0 Å². The van der Waals surface area contributed by atoms with E-state index in [0.717, 1.165) is 16.5 Å². The Morgan fingerprint density at radius 3 is 2.57 bits per heavy atom. The summed E-state index contributed by atoms with van der Waals surface area (Å²) in [5.41, 5.74) is 2.32. The average Bonchev–Trinajstić information content (AvgIpc) is 2.65. The van der Waals surface area contributed by atoms with Crippen molar-refractivity contribution in [3.63, 3.8) is 0 Å². The minimum Gasteiger partial charge on any atom is -0.461 e. The molecule has 1 N–H and O–H groups in total. The lowest BCUT2D eigenvalue weighted by Crippen LogP contribution is -2.28. The van der Waals surface area contributed by atoms with E-state index in [1.807, 2.05) is 49.4 Å². The van der Waals surface area contributed by atoms with Gasteiger partial charge in [0.2, 0.25) is 5.91 Å². The van der Waals surface area contributed by atoms with Crippen molar-refractivity contribution in [1.82, 2.24) is 5.32 Å². The molecule has 3 aromatic rings. The van der Waals surface area contributed by atoms with Crippen LogP contribution in [0.1, 0.15) is 36.1 Å². The molecule has 1 heterocycles. The third kappa shape index (κ3) is 4.85. The van der Waals surface area contributed by atoms with Gasteiger partial charge < -0.3 is 14.5 Å². The Bertz CT molecular complexity index is 1060. The van der Waals surface area contributed by atoms with Crippen LogP contribution in [0.4, 0.5) is 0 Å². The molecule has 0 aliphatic carbocycles. The molecule has 1 amide bonds. The number of rotatable bonds is 6. The Kier molecular flexibility index (Phi) is 5.89. The molecule has 0 radical (unpaired) electrons. The van der Waals surface area contributed by atoms with Gasteiger partial charge in [0.25, 0.3) is 0 Å². The molecule has 0 fully saturated rings. The Morgan fingerprint density at radius 2 is 1.86 bits per heavy atom. The van der Waals surface area contributed by atoms with Crippen LogP contribution in [-0.4, -0.2) is 11.9 Å². The number of aryl methyl sites for hydroxylation is 1. The fourth-order valence-electron chi connectivity index (χ4n) is 3.02. The SMILES string of the molecule is CC(=O)NC(CC(=O)OCc1cc(=O)oc2cc(C)ccc12)c1ccccc1. The third-order valence-corrected chi connectivity index (χ3v) is 4.32. The maximum absolute atomic E-state index is 12.4. The summed E-state index contributed by atoms with van der Waals surface area (Å²) in [5, 5.41) is 3.49. The highest BCUT2D eigenvalue weighted by atomic mass is 16.5. The van der Waals surface area contributed by atoms with Crippen molar-refractivity contribution >= 4 is 22.8 Å². The van der Waals surface area contributed by atoms with Crippen molar-refractivity contribution in [3.8, 4) is 0 Å². The number of nitrogens with one attached hydrogen (secondary N) is 1. The molecule has 0 saturated carbocycles. The molecule has 0 aliphatic rings. The van der Waals surface area contributed by atoms with Gasteiger partial charge in [0.15, 0.2) is 0 Å². The first-order valence-corrected chi connectivity index (χ1v) is 8.93. The lowest BCUT2D eigenvalue weighted by atomic mass is 10.0. The molecular weight excluding hydrogens is 358 g/mol. The van der Waals surface area contributed by atoms with Crippen molar-refractivity contribution in [2.75, 3.05) is 0 Å². The number of hydrogen-bond donors (Lipinski definition) is 1. The van der Waals surface area contributed by atoms with Crippen LogP contribution in [-0.2, 0) is 20.9 Å². The van der Waals surface area contributed by atoms with E-state index in [1.165, 1.54) is 13.0 Å². The lowest BCUT2D eigenvalue weighted by Gasteiger charge is -2.17. The number of esters is 1. The van der Waals surface area contributed by atoms with E-state index in [1.54, 1.807) is 6.07 Å². The minimum atomic E-state index is -0.496. The van der Waals surface area contributed by atoms with Crippen LogP contribution in [0, 0.1) is 6.92 Å². The summed E-state index contributed by atoms with van der Waals surface area (Å²) in [7, 11) is 0. The van der Waals surface area contributed by atoms with Gasteiger partial charge in [-0.25, -0.2) is 4.79 Å². The van der Waals surface area contributed by atoms with E-state index in [9.17, 15) is 14.4 Å². The van der Waals surface area contributed by atoms with Gasteiger partial charge in [0.05, 0.1) is 12.5 Å². The molecule has 3 rings (SSSR count). The minimum absolute atomic E-state index is 0.0118. The molecule has 144 valence electrons. The molecule has 0 aliphatic heterocycles. The normalized spacial score (nSPS) is 11.8. The highest BCUT2D eigenvalue weighted by Crippen LogP contribution is 2.21. The highest BCUT2D eigenvalue weighted by molar-refractivity contribution is 5.81. The zero-order chi connectivity index (χ0) is 20.1. The van der Waals surface area contributed by atoms with Gasteiger partial charge in [-0.15, -0.1) is 0 Å². The molecule has 6 nitrogen and oxygen atoms in total. The van der Waals surface area contributed by atoms with Gasteiger partial charge in [0.1, 0.15) is 12.2 Å². The quantitative estimate of drug-likeness (QED) is 0.524.